The zero-order chi connectivity index (χ0) is 18.3. The quantitative estimate of drug-likeness (QED) is 0.641. The summed E-state index contributed by atoms with van der Waals surface area (Å²) in [4.78, 5) is 37.5. The third kappa shape index (κ3) is 2.84. The number of carbonyl (C=O) groups excluding carboxylic acids is 2. The average Bonchev–Trinajstić information content (AvgIpc) is 2.89. The minimum atomic E-state index is -0.341. The average molecular weight is 363 g/mol. The monoisotopic (exact) mass is 363 g/mol. The Balaban J connectivity index is 1.77. The lowest BCUT2D eigenvalue weighted by Crippen LogP contribution is -2.22. The molecule has 2 heterocycles. The molecule has 0 spiro atoms. The van der Waals surface area contributed by atoms with Gasteiger partial charge in [-0.1, -0.05) is 36.4 Å². The van der Waals surface area contributed by atoms with Crippen molar-refractivity contribution in [1.29, 1.82) is 0 Å². The van der Waals surface area contributed by atoms with Crippen LogP contribution in [-0.2, 0) is 4.79 Å². The number of carbonyl (C=O) groups is 2. The zero-order valence-corrected chi connectivity index (χ0v) is 14.6. The van der Waals surface area contributed by atoms with Gasteiger partial charge in [-0.2, -0.15) is 0 Å². The first-order valence-corrected chi connectivity index (χ1v) is 8.69. The van der Waals surface area contributed by atoms with Crippen LogP contribution >= 0.6 is 11.8 Å². The maximum absolute atomic E-state index is 12.5. The van der Waals surface area contributed by atoms with E-state index in [1.807, 2.05) is 30.3 Å². The molecule has 5 nitrogen and oxygen atoms in total. The van der Waals surface area contributed by atoms with E-state index in [0.29, 0.717) is 27.2 Å². The molecule has 2 amide bonds. The van der Waals surface area contributed by atoms with Gasteiger partial charge in [-0.15, -0.1) is 0 Å². The summed E-state index contributed by atoms with van der Waals surface area (Å²) < 4.78 is 5.85. The summed E-state index contributed by atoms with van der Waals surface area (Å²) in [5.74, 6) is 0.162. The van der Waals surface area contributed by atoms with Gasteiger partial charge in [0, 0.05) is 18.7 Å². The molecule has 128 valence electrons. The van der Waals surface area contributed by atoms with Crippen molar-refractivity contribution < 1.29 is 14.0 Å². The fraction of sp³-hybridized carbons (Fsp3) is 0.0500. The highest BCUT2D eigenvalue weighted by atomic mass is 32.2. The summed E-state index contributed by atoms with van der Waals surface area (Å²) in [6.07, 6.45) is 1.61. The number of imide groups is 1. The highest BCUT2D eigenvalue weighted by molar-refractivity contribution is 8.18. The van der Waals surface area contributed by atoms with E-state index in [2.05, 4.69) is 0 Å². The molecule has 1 fully saturated rings. The van der Waals surface area contributed by atoms with Gasteiger partial charge >= 0.3 is 0 Å². The van der Waals surface area contributed by atoms with Gasteiger partial charge in [0.15, 0.2) is 5.43 Å². The molecular formula is C20H13NO4S. The number of nitrogens with zero attached hydrogens (tertiary/aromatic N) is 1. The second-order valence-electron chi connectivity index (χ2n) is 5.84. The van der Waals surface area contributed by atoms with E-state index in [9.17, 15) is 14.4 Å². The van der Waals surface area contributed by atoms with Crippen molar-refractivity contribution >= 4 is 40.0 Å². The Bertz CT molecular complexity index is 1130. The van der Waals surface area contributed by atoms with Crippen LogP contribution in [0, 0.1) is 0 Å². The second-order valence-corrected chi connectivity index (χ2v) is 6.83. The molecule has 4 rings (SSSR count). The number of hydrogen-bond acceptors (Lipinski definition) is 5. The Morgan fingerprint density at radius 1 is 1.00 bits per heavy atom. The van der Waals surface area contributed by atoms with Gasteiger partial charge in [0.1, 0.15) is 11.3 Å². The topological polar surface area (TPSA) is 67.6 Å². The molecule has 1 aromatic heterocycles. The highest BCUT2D eigenvalue weighted by Gasteiger charge is 2.31. The predicted molar refractivity (Wildman–Crippen MR) is 102 cm³/mol. The number of thioether (sulfide) groups is 1. The fourth-order valence-electron chi connectivity index (χ4n) is 2.71. The minimum absolute atomic E-state index is 0.163. The molecule has 6 heteroatoms. The summed E-state index contributed by atoms with van der Waals surface area (Å²) in [5, 5.41) is 0.114. The number of likely N-dealkylation sites (N-methyl/N-ethyl adjacent to an activating group) is 1. The molecule has 0 unspecified atom stereocenters. The lowest BCUT2D eigenvalue weighted by atomic mass is 10.1. The van der Waals surface area contributed by atoms with Crippen molar-refractivity contribution in [1.82, 2.24) is 4.90 Å². The Labute approximate surface area is 152 Å². The molecule has 0 aliphatic carbocycles. The van der Waals surface area contributed by atoms with Crippen LogP contribution in [0.15, 0.2) is 68.7 Å². The Morgan fingerprint density at radius 3 is 2.46 bits per heavy atom. The maximum atomic E-state index is 12.5. The predicted octanol–water partition coefficient (Wildman–Crippen LogP) is 4.13. The summed E-state index contributed by atoms with van der Waals surface area (Å²) in [6, 6.07) is 16.0. The molecule has 26 heavy (non-hydrogen) atoms. The van der Waals surface area contributed by atoms with Crippen LogP contribution in [0.25, 0.3) is 28.4 Å². The van der Waals surface area contributed by atoms with Crippen molar-refractivity contribution in [2.45, 2.75) is 0 Å². The van der Waals surface area contributed by atoms with Crippen LogP contribution in [0.5, 0.6) is 0 Å². The van der Waals surface area contributed by atoms with Crippen LogP contribution in [0.4, 0.5) is 4.79 Å². The van der Waals surface area contributed by atoms with Gasteiger partial charge in [-0.25, -0.2) is 0 Å². The molecule has 3 aromatic rings. The minimum Gasteiger partial charge on any atom is -0.456 e. The number of fused-ring (bicyclic) bond motifs is 1. The van der Waals surface area contributed by atoms with E-state index in [1.54, 1.807) is 24.3 Å². The van der Waals surface area contributed by atoms with Gasteiger partial charge in [-0.05, 0) is 35.5 Å². The molecule has 0 bridgehead atoms. The molecule has 1 aliphatic heterocycles. The number of hydrogen-bond donors (Lipinski definition) is 0. The van der Waals surface area contributed by atoms with Gasteiger partial charge in [0.05, 0.1) is 10.3 Å². The van der Waals surface area contributed by atoms with Crippen LogP contribution in [0.3, 0.4) is 0 Å². The number of benzene rings is 2. The van der Waals surface area contributed by atoms with E-state index in [1.165, 1.54) is 13.1 Å². The summed E-state index contributed by atoms with van der Waals surface area (Å²) in [7, 11) is 1.44. The highest BCUT2D eigenvalue weighted by Crippen LogP contribution is 2.31. The Kier molecular flexibility index (Phi) is 3.97. The maximum Gasteiger partial charge on any atom is 0.293 e. The Hall–Kier alpha value is -3.12. The third-order valence-electron chi connectivity index (χ3n) is 4.09. The molecule has 0 saturated carbocycles. The van der Waals surface area contributed by atoms with Gasteiger partial charge in [-0.3, -0.25) is 19.3 Å². The molecule has 1 saturated heterocycles. The van der Waals surface area contributed by atoms with Crippen LogP contribution in [0.1, 0.15) is 5.56 Å². The fourth-order valence-corrected chi connectivity index (χ4v) is 3.53. The van der Waals surface area contributed by atoms with E-state index < -0.39 is 0 Å². The van der Waals surface area contributed by atoms with Crippen molar-refractivity contribution in [3.63, 3.8) is 0 Å². The number of amides is 2. The molecule has 0 atom stereocenters. The van der Waals surface area contributed by atoms with Gasteiger partial charge in [0.2, 0.25) is 0 Å². The Morgan fingerprint density at radius 2 is 1.77 bits per heavy atom. The first kappa shape index (κ1) is 16.4. The van der Waals surface area contributed by atoms with Crippen molar-refractivity contribution in [2.24, 2.45) is 0 Å². The molecule has 0 radical (unpaired) electrons. The summed E-state index contributed by atoms with van der Waals surface area (Å²) >= 11 is 0.883. The smallest absolute Gasteiger partial charge is 0.293 e. The van der Waals surface area contributed by atoms with Gasteiger partial charge in [0.25, 0.3) is 11.1 Å². The van der Waals surface area contributed by atoms with Crippen LogP contribution in [0.2, 0.25) is 0 Å². The third-order valence-corrected chi connectivity index (χ3v) is 5.05. The number of rotatable bonds is 2. The van der Waals surface area contributed by atoms with Crippen molar-refractivity contribution in [3.05, 3.63) is 75.3 Å². The first-order chi connectivity index (χ1) is 12.5. The molecular weight excluding hydrogens is 350 g/mol. The SMILES string of the molecule is CN1C(=O)S/C(=C\c2ccc3oc(-c4ccccc4)cc(=O)c3c2)C1=O. The molecule has 0 N–H and O–H groups in total. The summed E-state index contributed by atoms with van der Waals surface area (Å²) in [5.41, 5.74) is 1.80. The van der Waals surface area contributed by atoms with Crippen molar-refractivity contribution in [3.8, 4) is 11.3 Å². The van der Waals surface area contributed by atoms with Crippen LogP contribution < -0.4 is 5.43 Å². The van der Waals surface area contributed by atoms with E-state index in [-0.39, 0.29) is 16.6 Å². The normalized spacial score (nSPS) is 16.0. The van der Waals surface area contributed by atoms with Crippen LogP contribution in [-0.4, -0.2) is 23.1 Å². The van der Waals surface area contributed by atoms with Gasteiger partial charge < -0.3 is 4.42 Å². The van der Waals surface area contributed by atoms with E-state index >= 15 is 0 Å². The largest absolute Gasteiger partial charge is 0.456 e. The summed E-state index contributed by atoms with van der Waals surface area (Å²) in [6.45, 7) is 0. The molecule has 2 aromatic carbocycles. The standard InChI is InChI=1S/C20H13NO4S/c1-21-19(23)18(26-20(21)24)10-12-7-8-16-14(9-12)15(22)11-17(25-16)13-5-3-2-4-6-13/h2-11H,1H3/b18-10-. The van der Waals surface area contributed by atoms with E-state index in [0.717, 1.165) is 22.2 Å². The zero-order valence-electron chi connectivity index (χ0n) is 13.8. The van der Waals surface area contributed by atoms with Crippen molar-refractivity contribution in [2.75, 3.05) is 7.05 Å². The lowest BCUT2D eigenvalue weighted by Gasteiger charge is -2.04. The molecule has 1 aliphatic rings. The lowest BCUT2D eigenvalue weighted by molar-refractivity contribution is -0.121. The second kappa shape index (κ2) is 6.31. The van der Waals surface area contributed by atoms with E-state index in [4.69, 9.17) is 4.42 Å². The first-order valence-electron chi connectivity index (χ1n) is 7.88.